The minimum atomic E-state index is 0.558. The standard InChI is InChI=1S/C15H18N2O2/c1-18-8-9-19-15-6-2-5-14(10-15)17-12-13-4-3-7-16-11-13/h2-7,10-11,17H,8-9,12H2,1H3. The SMILES string of the molecule is COCCOc1cccc(NCc2cccnc2)c1. The summed E-state index contributed by atoms with van der Waals surface area (Å²) in [6.45, 7) is 1.89. The van der Waals surface area contributed by atoms with Crippen molar-refractivity contribution < 1.29 is 9.47 Å². The molecule has 0 saturated heterocycles. The number of pyridine rings is 1. The summed E-state index contributed by atoms with van der Waals surface area (Å²) in [6.07, 6.45) is 3.62. The highest BCUT2D eigenvalue weighted by Gasteiger charge is 1.97. The lowest BCUT2D eigenvalue weighted by molar-refractivity contribution is 0.146. The van der Waals surface area contributed by atoms with Crippen molar-refractivity contribution in [3.05, 3.63) is 54.4 Å². The normalized spacial score (nSPS) is 10.2. The minimum absolute atomic E-state index is 0.558. The minimum Gasteiger partial charge on any atom is -0.491 e. The van der Waals surface area contributed by atoms with Crippen molar-refractivity contribution in [1.29, 1.82) is 0 Å². The highest BCUT2D eigenvalue weighted by Crippen LogP contribution is 2.17. The molecule has 0 atom stereocenters. The summed E-state index contributed by atoms with van der Waals surface area (Å²) in [7, 11) is 1.66. The molecule has 0 saturated carbocycles. The van der Waals surface area contributed by atoms with Crippen LogP contribution in [0.5, 0.6) is 5.75 Å². The first-order valence-electron chi connectivity index (χ1n) is 6.23. The number of aromatic nitrogens is 1. The Morgan fingerprint density at radius 2 is 2.11 bits per heavy atom. The molecule has 1 N–H and O–H groups in total. The van der Waals surface area contributed by atoms with Crippen LogP contribution in [0.25, 0.3) is 0 Å². The van der Waals surface area contributed by atoms with Crippen molar-refractivity contribution in [2.45, 2.75) is 6.54 Å². The number of benzene rings is 1. The Hall–Kier alpha value is -2.07. The number of hydrogen-bond donors (Lipinski definition) is 1. The van der Waals surface area contributed by atoms with Crippen LogP contribution in [0, 0.1) is 0 Å². The molecule has 0 aliphatic rings. The summed E-state index contributed by atoms with van der Waals surface area (Å²) < 4.78 is 10.5. The molecule has 19 heavy (non-hydrogen) atoms. The Morgan fingerprint density at radius 3 is 2.89 bits per heavy atom. The van der Waals surface area contributed by atoms with E-state index in [-0.39, 0.29) is 0 Å². The molecule has 100 valence electrons. The molecular formula is C15H18N2O2. The Labute approximate surface area is 113 Å². The lowest BCUT2D eigenvalue weighted by atomic mass is 10.2. The first-order valence-corrected chi connectivity index (χ1v) is 6.23. The van der Waals surface area contributed by atoms with Crippen molar-refractivity contribution in [2.24, 2.45) is 0 Å². The van der Waals surface area contributed by atoms with E-state index in [1.165, 1.54) is 0 Å². The van der Waals surface area contributed by atoms with Crippen LogP contribution in [0.15, 0.2) is 48.8 Å². The predicted molar refractivity (Wildman–Crippen MR) is 75.4 cm³/mol. The first-order chi connectivity index (χ1) is 9.38. The monoisotopic (exact) mass is 258 g/mol. The molecule has 0 bridgehead atoms. The second-order valence-electron chi connectivity index (χ2n) is 4.08. The molecule has 0 unspecified atom stereocenters. The number of rotatable bonds is 7. The van der Waals surface area contributed by atoms with Crippen LogP contribution in [-0.4, -0.2) is 25.3 Å². The number of nitrogens with one attached hydrogen (secondary N) is 1. The summed E-state index contributed by atoms with van der Waals surface area (Å²) in [4.78, 5) is 4.09. The predicted octanol–water partition coefficient (Wildman–Crippen LogP) is 2.72. The third-order valence-corrected chi connectivity index (χ3v) is 2.61. The maximum absolute atomic E-state index is 5.56. The van der Waals surface area contributed by atoms with Gasteiger partial charge in [-0.25, -0.2) is 0 Å². The lowest BCUT2D eigenvalue weighted by Crippen LogP contribution is -2.05. The van der Waals surface area contributed by atoms with Gasteiger partial charge in [-0.2, -0.15) is 0 Å². The number of methoxy groups -OCH3 is 1. The van der Waals surface area contributed by atoms with E-state index < -0.39 is 0 Å². The Balaban J connectivity index is 1.88. The highest BCUT2D eigenvalue weighted by atomic mass is 16.5. The number of ether oxygens (including phenoxy) is 2. The molecule has 1 aromatic carbocycles. The average molecular weight is 258 g/mol. The summed E-state index contributed by atoms with van der Waals surface area (Å²) in [5.41, 5.74) is 2.17. The zero-order valence-corrected chi connectivity index (χ0v) is 11.0. The van der Waals surface area contributed by atoms with Crippen LogP contribution < -0.4 is 10.1 Å². The van der Waals surface area contributed by atoms with Crippen molar-refractivity contribution in [3.8, 4) is 5.75 Å². The fourth-order valence-electron chi connectivity index (χ4n) is 1.65. The number of hydrogen-bond acceptors (Lipinski definition) is 4. The van der Waals surface area contributed by atoms with Crippen molar-refractivity contribution in [2.75, 3.05) is 25.6 Å². The van der Waals surface area contributed by atoms with Crippen LogP contribution >= 0.6 is 0 Å². The van der Waals surface area contributed by atoms with Crippen LogP contribution in [-0.2, 0) is 11.3 Å². The van der Waals surface area contributed by atoms with E-state index in [0.717, 1.165) is 23.5 Å². The second-order valence-corrected chi connectivity index (χ2v) is 4.08. The third-order valence-electron chi connectivity index (χ3n) is 2.61. The van der Waals surface area contributed by atoms with E-state index in [1.807, 2.05) is 42.6 Å². The quantitative estimate of drug-likeness (QED) is 0.775. The van der Waals surface area contributed by atoms with E-state index in [9.17, 15) is 0 Å². The van der Waals surface area contributed by atoms with Gasteiger partial charge in [0.2, 0.25) is 0 Å². The summed E-state index contributed by atoms with van der Waals surface area (Å²) in [5, 5.41) is 3.34. The van der Waals surface area contributed by atoms with Gasteiger partial charge in [0.1, 0.15) is 12.4 Å². The summed E-state index contributed by atoms with van der Waals surface area (Å²) >= 11 is 0. The van der Waals surface area contributed by atoms with Crippen LogP contribution in [0.3, 0.4) is 0 Å². The molecule has 0 radical (unpaired) electrons. The van der Waals surface area contributed by atoms with E-state index in [0.29, 0.717) is 13.2 Å². The van der Waals surface area contributed by atoms with Crippen LogP contribution in [0.4, 0.5) is 5.69 Å². The number of nitrogens with zero attached hydrogens (tertiary/aromatic N) is 1. The van der Waals surface area contributed by atoms with Gasteiger partial charge in [0, 0.05) is 37.8 Å². The van der Waals surface area contributed by atoms with Gasteiger partial charge in [-0.3, -0.25) is 4.98 Å². The molecule has 4 nitrogen and oxygen atoms in total. The summed E-state index contributed by atoms with van der Waals surface area (Å²) in [6, 6.07) is 11.9. The molecule has 0 amide bonds. The van der Waals surface area contributed by atoms with E-state index in [1.54, 1.807) is 13.3 Å². The summed E-state index contributed by atoms with van der Waals surface area (Å²) in [5.74, 6) is 0.841. The third kappa shape index (κ3) is 4.60. The smallest absolute Gasteiger partial charge is 0.121 e. The molecule has 2 rings (SSSR count). The molecule has 4 heteroatoms. The molecule has 2 aromatic rings. The van der Waals surface area contributed by atoms with E-state index in [4.69, 9.17) is 9.47 Å². The van der Waals surface area contributed by atoms with Gasteiger partial charge >= 0.3 is 0 Å². The van der Waals surface area contributed by atoms with Gasteiger partial charge in [0.15, 0.2) is 0 Å². The van der Waals surface area contributed by atoms with E-state index >= 15 is 0 Å². The molecular weight excluding hydrogens is 240 g/mol. The van der Waals surface area contributed by atoms with E-state index in [2.05, 4.69) is 10.3 Å². The first kappa shape index (κ1) is 13.4. The highest BCUT2D eigenvalue weighted by molar-refractivity contribution is 5.48. The topological polar surface area (TPSA) is 43.4 Å². The molecule has 0 fully saturated rings. The number of anilines is 1. The molecule has 0 aliphatic heterocycles. The van der Waals surface area contributed by atoms with Gasteiger partial charge in [0.05, 0.1) is 6.61 Å². The Bertz CT molecular complexity index is 489. The average Bonchev–Trinajstić information content (AvgIpc) is 2.47. The van der Waals surface area contributed by atoms with Gasteiger partial charge in [0.25, 0.3) is 0 Å². The molecule has 1 aromatic heterocycles. The zero-order chi connectivity index (χ0) is 13.3. The second kappa shape index (κ2) is 7.38. The molecule has 0 aliphatic carbocycles. The fraction of sp³-hybridized carbons (Fsp3) is 0.267. The zero-order valence-electron chi connectivity index (χ0n) is 11.0. The lowest BCUT2D eigenvalue weighted by Gasteiger charge is -2.09. The largest absolute Gasteiger partial charge is 0.491 e. The Morgan fingerprint density at radius 1 is 1.16 bits per heavy atom. The maximum atomic E-state index is 5.56. The van der Waals surface area contributed by atoms with Gasteiger partial charge in [-0.05, 0) is 23.8 Å². The van der Waals surface area contributed by atoms with Crippen LogP contribution in [0.2, 0.25) is 0 Å². The Kier molecular flexibility index (Phi) is 5.19. The van der Waals surface area contributed by atoms with Gasteiger partial charge in [-0.1, -0.05) is 12.1 Å². The molecule has 0 spiro atoms. The van der Waals surface area contributed by atoms with Crippen molar-refractivity contribution in [1.82, 2.24) is 4.98 Å². The van der Waals surface area contributed by atoms with Crippen LogP contribution in [0.1, 0.15) is 5.56 Å². The van der Waals surface area contributed by atoms with Gasteiger partial charge < -0.3 is 14.8 Å². The molecule has 1 heterocycles. The van der Waals surface area contributed by atoms with Gasteiger partial charge in [-0.15, -0.1) is 0 Å². The fourth-order valence-corrected chi connectivity index (χ4v) is 1.65. The maximum Gasteiger partial charge on any atom is 0.121 e. The van der Waals surface area contributed by atoms with Crippen molar-refractivity contribution in [3.63, 3.8) is 0 Å². The van der Waals surface area contributed by atoms with Crippen molar-refractivity contribution >= 4 is 5.69 Å².